The number of aliphatic carboxylic acids is 1. The van der Waals surface area contributed by atoms with Crippen LogP contribution >= 0.6 is 0 Å². The van der Waals surface area contributed by atoms with Crippen LogP contribution in [0.1, 0.15) is 31.2 Å². The zero-order valence-electron chi connectivity index (χ0n) is 12.5. The lowest BCUT2D eigenvalue weighted by Gasteiger charge is -2.33. The molecule has 1 aliphatic rings. The minimum Gasteiger partial charge on any atom is -0.481 e. The van der Waals surface area contributed by atoms with E-state index in [9.17, 15) is 14.0 Å². The van der Waals surface area contributed by atoms with Gasteiger partial charge in [-0.05, 0) is 23.6 Å². The Hall–Kier alpha value is -1.95. The van der Waals surface area contributed by atoms with E-state index in [4.69, 9.17) is 9.84 Å². The van der Waals surface area contributed by atoms with Gasteiger partial charge in [0, 0.05) is 19.5 Å². The molecule has 22 heavy (non-hydrogen) atoms. The van der Waals surface area contributed by atoms with Crippen LogP contribution in [0, 0.1) is 5.82 Å². The molecule has 1 amide bonds. The molecular weight excluding hydrogens is 289 g/mol. The highest BCUT2D eigenvalue weighted by atomic mass is 19.1. The number of amides is 1. The molecule has 0 saturated carbocycles. The molecule has 0 spiro atoms. The summed E-state index contributed by atoms with van der Waals surface area (Å²) in [6, 6.07) is 6.23. The zero-order chi connectivity index (χ0) is 16.1. The Morgan fingerprint density at radius 3 is 2.95 bits per heavy atom. The Kier molecular flexibility index (Phi) is 5.49. The molecule has 1 saturated heterocycles. The second kappa shape index (κ2) is 7.35. The molecule has 1 aliphatic heterocycles. The fraction of sp³-hybridized carbons (Fsp3) is 0.500. The summed E-state index contributed by atoms with van der Waals surface area (Å²) in [7, 11) is 0. The van der Waals surface area contributed by atoms with Crippen LogP contribution in [0.25, 0.3) is 0 Å². The van der Waals surface area contributed by atoms with Gasteiger partial charge in [-0.1, -0.05) is 19.1 Å². The molecule has 120 valence electrons. The number of nitrogens with zero attached hydrogens (tertiary/aromatic N) is 1. The lowest BCUT2D eigenvalue weighted by Crippen LogP contribution is -2.46. The van der Waals surface area contributed by atoms with Crippen LogP contribution in [0.15, 0.2) is 24.3 Å². The molecule has 1 N–H and O–H groups in total. The Bertz CT molecular complexity index is 549. The summed E-state index contributed by atoms with van der Waals surface area (Å²) in [4.78, 5) is 24.7. The first-order valence-corrected chi connectivity index (χ1v) is 7.32. The van der Waals surface area contributed by atoms with Crippen LogP contribution in [0.4, 0.5) is 4.39 Å². The molecule has 1 fully saturated rings. The van der Waals surface area contributed by atoms with Crippen LogP contribution in [0.5, 0.6) is 0 Å². The number of ether oxygens (including phenoxy) is 1. The van der Waals surface area contributed by atoms with E-state index in [1.807, 2.05) is 6.92 Å². The second-order valence-electron chi connectivity index (χ2n) is 5.59. The van der Waals surface area contributed by atoms with E-state index in [1.54, 1.807) is 17.0 Å². The third-order valence-corrected chi connectivity index (χ3v) is 3.79. The summed E-state index contributed by atoms with van der Waals surface area (Å²) in [6.07, 6.45) is -0.299. The number of carboxylic acids is 1. The first-order chi connectivity index (χ1) is 10.5. The van der Waals surface area contributed by atoms with E-state index in [0.717, 1.165) is 5.56 Å². The summed E-state index contributed by atoms with van der Waals surface area (Å²) < 4.78 is 18.6. The van der Waals surface area contributed by atoms with Gasteiger partial charge in [0.15, 0.2) is 0 Å². The number of halogens is 1. The first kappa shape index (κ1) is 16.4. The maximum absolute atomic E-state index is 13.2. The molecule has 0 aliphatic carbocycles. The van der Waals surface area contributed by atoms with Gasteiger partial charge in [-0.3, -0.25) is 9.59 Å². The number of carbonyl (C=O) groups is 2. The fourth-order valence-electron chi connectivity index (χ4n) is 2.59. The highest BCUT2D eigenvalue weighted by molar-refractivity contribution is 5.77. The lowest BCUT2D eigenvalue weighted by molar-refractivity contribution is -0.147. The van der Waals surface area contributed by atoms with E-state index in [1.165, 1.54) is 12.1 Å². The quantitative estimate of drug-likeness (QED) is 0.903. The number of rotatable bonds is 5. The van der Waals surface area contributed by atoms with Gasteiger partial charge in [-0.2, -0.15) is 0 Å². The molecule has 1 heterocycles. The number of benzene rings is 1. The highest BCUT2D eigenvalue weighted by Gasteiger charge is 2.26. The summed E-state index contributed by atoms with van der Waals surface area (Å²) in [6.45, 7) is 2.98. The Labute approximate surface area is 128 Å². The van der Waals surface area contributed by atoms with Gasteiger partial charge in [0.25, 0.3) is 0 Å². The van der Waals surface area contributed by atoms with Crippen molar-refractivity contribution in [3.8, 4) is 0 Å². The summed E-state index contributed by atoms with van der Waals surface area (Å²) in [5, 5.41) is 8.79. The normalized spacial score (nSPS) is 19.7. The van der Waals surface area contributed by atoms with Gasteiger partial charge >= 0.3 is 5.97 Å². The van der Waals surface area contributed by atoms with Crippen LogP contribution in [-0.4, -0.2) is 47.7 Å². The van der Waals surface area contributed by atoms with Crippen molar-refractivity contribution in [1.29, 1.82) is 0 Å². The van der Waals surface area contributed by atoms with E-state index >= 15 is 0 Å². The van der Waals surface area contributed by atoms with Gasteiger partial charge in [0.1, 0.15) is 5.82 Å². The Morgan fingerprint density at radius 1 is 1.50 bits per heavy atom. The predicted molar refractivity (Wildman–Crippen MR) is 78.0 cm³/mol. The largest absolute Gasteiger partial charge is 0.481 e. The molecule has 0 aromatic heterocycles. The van der Waals surface area contributed by atoms with Crippen LogP contribution in [-0.2, 0) is 14.3 Å². The van der Waals surface area contributed by atoms with Crippen molar-refractivity contribution in [3.05, 3.63) is 35.6 Å². The first-order valence-electron chi connectivity index (χ1n) is 7.32. The van der Waals surface area contributed by atoms with Crippen LogP contribution < -0.4 is 0 Å². The van der Waals surface area contributed by atoms with Crippen LogP contribution in [0.3, 0.4) is 0 Å². The van der Waals surface area contributed by atoms with Crippen molar-refractivity contribution in [2.45, 2.75) is 31.8 Å². The standard InChI is InChI=1S/C16H20FNO4/c1-11(12-3-2-4-13(17)8-12)7-15(19)18-5-6-22-14(10-18)9-16(20)21/h2-4,8,11,14H,5-7,9-10H2,1H3,(H,20,21). The molecule has 1 aromatic carbocycles. The lowest BCUT2D eigenvalue weighted by atomic mass is 9.97. The van der Waals surface area contributed by atoms with Gasteiger partial charge in [0.05, 0.1) is 19.1 Å². The number of carboxylic acid groups (broad SMARTS) is 1. The van der Waals surface area contributed by atoms with Crippen molar-refractivity contribution in [3.63, 3.8) is 0 Å². The molecule has 1 aromatic rings. The van der Waals surface area contributed by atoms with Crippen molar-refractivity contribution < 1.29 is 23.8 Å². The van der Waals surface area contributed by atoms with Crippen molar-refractivity contribution in [1.82, 2.24) is 4.90 Å². The maximum Gasteiger partial charge on any atom is 0.306 e. The Morgan fingerprint density at radius 2 is 2.27 bits per heavy atom. The summed E-state index contributed by atoms with van der Waals surface area (Å²) in [5.74, 6) is -1.41. The predicted octanol–water partition coefficient (Wildman–Crippen LogP) is 2.02. The zero-order valence-corrected chi connectivity index (χ0v) is 12.5. The molecule has 2 rings (SSSR count). The summed E-state index contributed by atoms with van der Waals surface area (Å²) >= 11 is 0. The average molecular weight is 309 g/mol. The van der Waals surface area contributed by atoms with Crippen molar-refractivity contribution >= 4 is 11.9 Å². The topological polar surface area (TPSA) is 66.8 Å². The minimum atomic E-state index is -0.938. The number of hydrogen-bond acceptors (Lipinski definition) is 3. The molecule has 0 radical (unpaired) electrons. The van der Waals surface area contributed by atoms with E-state index in [-0.39, 0.29) is 30.5 Å². The highest BCUT2D eigenvalue weighted by Crippen LogP contribution is 2.21. The van der Waals surface area contributed by atoms with E-state index < -0.39 is 12.1 Å². The van der Waals surface area contributed by atoms with E-state index in [0.29, 0.717) is 19.7 Å². The average Bonchev–Trinajstić information content (AvgIpc) is 2.46. The minimum absolute atomic E-state index is 0.0598. The van der Waals surface area contributed by atoms with Crippen LogP contribution in [0.2, 0.25) is 0 Å². The monoisotopic (exact) mass is 309 g/mol. The second-order valence-corrected chi connectivity index (χ2v) is 5.59. The molecule has 6 heteroatoms. The summed E-state index contributed by atoms with van der Waals surface area (Å²) in [5.41, 5.74) is 0.781. The van der Waals surface area contributed by atoms with Gasteiger partial charge in [-0.15, -0.1) is 0 Å². The number of carbonyl (C=O) groups excluding carboxylic acids is 1. The number of hydrogen-bond donors (Lipinski definition) is 1. The number of morpholine rings is 1. The van der Waals surface area contributed by atoms with E-state index in [2.05, 4.69) is 0 Å². The smallest absolute Gasteiger partial charge is 0.306 e. The molecule has 5 nitrogen and oxygen atoms in total. The fourth-order valence-corrected chi connectivity index (χ4v) is 2.59. The Balaban J connectivity index is 1.92. The van der Waals surface area contributed by atoms with Crippen molar-refractivity contribution in [2.75, 3.05) is 19.7 Å². The maximum atomic E-state index is 13.2. The third kappa shape index (κ3) is 4.53. The molecule has 2 atom stereocenters. The van der Waals surface area contributed by atoms with Gasteiger partial charge in [-0.25, -0.2) is 4.39 Å². The van der Waals surface area contributed by atoms with Crippen molar-refractivity contribution in [2.24, 2.45) is 0 Å². The van der Waals surface area contributed by atoms with Gasteiger partial charge in [0.2, 0.25) is 5.91 Å². The third-order valence-electron chi connectivity index (χ3n) is 3.79. The SMILES string of the molecule is CC(CC(=O)N1CCOC(CC(=O)O)C1)c1cccc(F)c1. The molecule has 2 unspecified atom stereocenters. The van der Waals surface area contributed by atoms with Gasteiger partial charge < -0.3 is 14.7 Å². The molecular formula is C16H20FNO4. The molecule has 0 bridgehead atoms.